The SMILES string of the molecule is CCOC(=O)/C=C(\C)[C@H]1CC[C@H]2[C@@H]3CC=C4CC(O)CC[C@]4(C)[C@H]3CC[C@]12C. The van der Waals surface area contributed by atoms with Crippen LogP contribution in [0, 0.1) is 34.5 Å². The van der Waals surface area contributed by atoms with Crippen molar-refractivity contribution in [2.75, 3.05) is 6.61 Å². The molecular weight excluding hydrogens is 348 g/mol. The zero-order chi connectivity index (χ0) is 20.1. The van der Waals surface area contributed by atoms with Crippen LogP contribution in [0.3, 0.4) is 0 Å². The third-order valence-corrected chi connectivity index (χ3v) is 9.26. The Balaban J connectivity index is 1.58. The molecule has 3 heteroatoms. The zero-order valence-electron chi connectivity index (χ0n) is 18.2. The predicted octanol–water partition coefficient (Wildman–Crippen LogP) is 5.44. The minimum atomic E-state index is -0.181. The molecule has 4 rings (SSSR count). The number of hydrogen-bond acceptors (Lipinski definition) is 3. The molecule has 4 aliphatic carbocycles. The van der Waals surface area contributed by atoms with Crippen LogP contribution < -0.4 is 0 Å². The average Bonchev–Trinajstić information content (AvgIpc) is 3.00. The van der Waals surface area contributed by atoms with Gasteiger partial charge in [0.25, 0.3) is 0 Å². The summed E-state index contributed by atoms with van der Waals surface area (Å²) in [7, 11) is 0. The summed E-state index contributed by atoms with van der Waals surface area (Å²) >= 11 is 0. The Bertz CT molecular complexity index is 692. The van der Waals surface area contributed by atoms with E-state index in [9.17, 15) is 9.90 Å². The van der Waals surface area contributed by atoms with Gasteiger partial charge < -0.3 is 9.84 Å². The number of aliphatic hydroxyl groups is 1. The van der Waals surface area contributed by atoms with E-state index in [2.05, 4.69) is 26.8 Å². The second-order valence-corrected chi connectivity index (χ2v) is 10.5. The summed E-state index contributed by atoms with van der Waals surface area (Å²) in [4.78, 5) is 12.0. The van der Waals surface area contributed by atoms with E-state index >= 15 is 0 Å². The molecular formula is C25H38O3. The van der Waals surface area contributed by atoms with E-state index in [4.69, 9.17) is 4.74 Å². The van der Waals surface area contributed by atoms with Crippen molar-refractivity contribution in [3.63, 3.8) is 0 Å². The molecule has 3 fully saturated rings. The molecule has 156 valence electrons. The van der Waals surface area contributed by atoms with E-state index in [0.29, 0.717) is 23.4 Å². The first-order valence-corrected chi connectivity index (χ1v) is 11.5. The molecule has 4 aliphatic rings. The Morgan fingerprint density at radius 2 is 2.00 bits per heavy atom. The molecule has 1 N–H and O–H groups in total. The molecule has 3 saturated carbocycles. The molecule has 3 nitrogen and oxygen atoms in total. The summed E-state index contributed by atoms with van der Waals surface area (Å²) in [5, 5.41) is 10.2. The highest BCUT2D eigenvalue weighted by Gasteiger charge is 2.58. The van der Waals surface area contributed by atoms with Crippen molar-refractivity contribution in [1.29, 1.82) is 0 Å². The molecule has 0 spiro atoms. The topological polar surface area (TPSA) is 46.5 Å². The van der Waals surface area contributed by atoms with Gasteiger partial charge in [-0.05, 0) is 99.7 Å². The van der Waals surface area contributed by atoms with Crippen LogP contribution >= 0.6 is 0 Å². The molecule has 0 amide bonds. The van der Waals surface area contributed by atoms with E-state index < -0.39 is 0 Å². The Labute approximate surface area is 170 Å². The zero-order valence-corrected chi connectivity index (χ0v) is 18.2. The Morgan fingerprint density at radius 1 is 1.21 bits per heavy atom. The number of esters is 1. The van der Waals surface area contributed by atoms with Crippen LogP contribution in [0.1, 0.15) is 79.1 Å². The number of allylic oxidation sites excluding steroid dienone is 2. The van der Waals surface area contributed by atoms with Gasteiger partial charge in [0.1, 0.15) is 0 Å². The molecule has 0 radical (unpaired) electrons. The number of carbonyl (C=O) groups is 1. The van der Waals surface area contributed by atoms with Gasteiger partial charge in [0.15, 0.2) is 0 Å². The highest BCUT2D eigenvalue weighted by molar-refractivity contribution is 5.82. The molecule has 0 heterocycles. The lowest BCUT2D eigenvalue weighted by atomic mass is 9.47. The first-order valence-electron chi connectivity index (χ1n) is 11.5. The molecule has 0 aromatic carbocycles. The minimum Gasteiger partial charge on any atom is -0.463 e. The largest absolute Gasteiger partial charge is 0.463 e. The van der Waals surface area contributed by atoms with Crippen LogP contribution in [0.25, 0.3) is 0 Å². The van der Waals surface area contributed by atoms with Crippen molar-refractivity contribution in [2.45, 2.75) is 85.2 Å². The first kappa shape index (κ1) is 20.2. The number of rotatable bonds is 3. The van der Waals surface area contributed by atoms with Crippen LogP contribution in [0.15, 0.2) is 23.3 Å². The van der Waals surface area contributed by atoms with E-state index in [-0.39, 0.29) is 12.1 Å². The Kier molecular flexibility index (Phi) is 5.27. The summed E-state index contributed by atoms with van der Waals surface area (Å²) in [5.74, 6) is 2.62. The van der Waals surface area contributed by atoms with Gasteiger partial charge >= 0.3 is 5.97 Å². The van der Waals surface area contributed by atoms with Gasteiger partial charge in [-0.2, -0.15) is 0 Å². The van der Waals surface area contributed by atoms with Crippen LogP contribution in [0.4, 0.5) is 0 Å². The normalized spacial score (nSPS) is 45.5. The fraction of sp³-hybridized carbons (Fsp3) is 0.800. The van der Waals surface area contributed by atoms with E-state index in [1.54, 1.807) is 11.6 Å². The van der Waals surface area contributed by atoms with Gasteiger partial charge in [0.05, 0.1) is 12.7 Å². The van der Waals surface area contributed by atoms with Crippen LogP contribution in [-0.2, 0) is 9.53 Å². The van der Waals surface area contributed by atoms with Gasteiger partial charge in [-0.15, -0.1) is 0 Å². The second kappa shape index (κ2) is 7.31. The van der Waals surface area contributed by atoms with Crippen molar-refractivity contribution >= 4 is 5.97 Å². The lowest BCUT2D eigenvalue weighted by molar-refractivity contribution is -0.137. The first-order chi connectivity index (χ1) is 13.3. The minimum absolute atomic E-state index is 0.128. The fourth-order valence-electron chi connectivity index (χ4n) is 7.86. The van der Waals surface area contributed by atoms with Crippen molar-refractivity contribution in [3.05, 3.63) is 23.3 Å². The van der Waals surface area contributed by atoms with Crippen molar-refractivity contribution < 1.29 is 14.6 Å². The summed E-state index contributed by atoms with van der Waals surface area (Å²) in [6, 6.07) is 0. The smallest absolute Gasteiger partial charge is 0.330 e. The third-order valence-electron chi connectivity index (χ3n) is 9.26. The lowest BCUT2D eigenvalue weighted by Gasteiger charge is -2.58. The summed E-state index contributed by atoms with van der Waals surface area (Å²) in [6.45, 7) is 9.44. The number of hydrogen-bond donors (Lipinski definition) is 1. The Hall–Kier alpha value is -1.09. The van der Waals surface area contributed by atoms with E-state index in [0.717, 1.165) is 37.0 Å². The maximum absolute atomic E-state index is 12.0. The number of fused-ring (bicyclic) bond motifs is 5. The van der Waals surface area contributed by atoms with Gasteiger partial charge in [-0.1, -0.05) is 31.1 Å². The molecule has 0 aromatic rings. The highest BCUT2D eigenvalue weighted by Crippen LogP contribution is 2.67. The molecule has 7 atom stereocenters. The third kappa shape index (κ3) is 3.09. The highest BCUT2D eigenvalue weighted by atomic mass is 16.5. The average molecular weight is 387 g/mol. The fourth-order valence-corrected chi connectivity index (χ4v) is 7.86. The number of ether oxygens (including phenoxy) is 1. The van der Waals surface area contributed by atoms with Crippen LogP contribution in [0.2, 0.25) is 0 Å². The van der Waals surface area contributed by atoms with Gasteiger partial charge in [-0.3, -0.25) is 0 Å². The maximum Gasteiger partial charge on any atom is 0.330 e. The van der Waals surface area contributed by atoms with Gasteiger partial charge in [0, 0.05) is 6.08 Å². The maximum atomic E-state index is 12.0. The van der Waals surface area contributed by atoms with Crippen molar-refractivity contribution in [3.8, 4) is 0 Å². The molecule has 1 unspecified atom stereocenters. The van der Waals surface area contributed by atoms with Crippen LogP contribution in [-0.4, -0.2) is 23.8 Å². The standard InChI is InChI=1S/C25H38O3/c1-5-28-23(27)14-16(2)20-8-9-21-19-7-6-17-15-18(26)10-12-24(17,3)22(19)11-13-25(20,21)4/h6,14,18-22,26H,5,7-13,15H2,1-4H3/b16-14+/t18?,19-,20+,21-,22-,24-,25+/m0/s1. The Morgan fingerprint density at radius 3 is 2.75 bits per heavy atom. The van der Waals surface area contributed by atoms with E-state index in [1.165, 1.54) is 37.7 Å². The van der Waals surface area contributed by atoms with Crippen molar-refractivity contribution in [2.24, 2.45) is 34.5 Å². The number of carbonyl (C=O) groups excluding carboxylic acids is 1. The summed E-state index contributed by atoms with van der Waals surface area (Å²) < 4.78 is 5.16. The number of aliphatic hydroxyl groups excluding tert-OH is 1. The molecule has 0 aliphatic heterocycles. The van der Waals surface area contributed by atoms with Gasteiger partial charge in [-0.25, -0.2) is 4.79 Å². The van der Waals surface area contributed by atoms with Crippen LogP contribution in [0.5, 0.6) is 0 Å². The monoisotopic (exact) mass is 386 g/mol. The molecule has 28 heavy (non-hydrogen) atoms. The van der Waals surface area contributed by atoms with Gasteiger partial charge in [0.2, 0.25) is 0 Å². The van der Waals surface area contributed by atoms with E-state index in [1.807, 2.05) is 6.92 Å². The summed E-state index contributed by atoms with van der Waals surface area (Å²) in [5.41, 5.74) is 3.38. The quantitative estimate of drug-likeness (QED) is 0.399. The predicted molar refractivity (Wildman–Crippen MR) is 112 cm³/mol. The molecule has 0 aromatic heterocycles. The molecule has 0 bridgehead atoms. The summed E-state index contributed by atoms with van der Waals surface area (Å²) in [6.07, 6.45) is 13.4. The van der Waals surface area contributed by atoms with Crippen molar-refractivity contribution in [1.82, 2.24) is 0 Å². The molecule has 0 saturated heterocycles. The second-order valence-electron chi connectivity index (χ2n) is 10.5. The lowest BCUT2D eigenvalue weighted by Crippen LogP contribution is -2.50.